The summed E-state index contributed by atoms with van der Waals surface area (Å²) in [5.74, 6) is -0.178. The van der Waals surface area contributed by atoms with E-state index < -0.39 is 0 Å². The minimum atomic E-state index is -0.178. The van der Waals surface area contributed by atoms with Crippen LogP contribution in [0.15, 0.2) is 54.9 Å². The number of pyridine rings is 2. The monoisotopic (exact) mass is 326 g/mol. The fourth-order valence-corrected chi connectivity index (χ4v) is 2.45. The lowest BCUT2D eigenvalue weighted by Gasteiger charge is -2.01. The van der Waals surface area contributed by atoms with Gasteiger partial charge >= 0.3 is 0 Å². The van der Waals surface area contributed by atoms with Gasteiger partial charge in [-0.3, -0.25) is 14.2 Å². The summed E-state index contributed by atoms with van der Waals surface area (Å²) in [5.41, 5.74) is 2.37. The number of imidazole rings is 1. The number of amides is 1. The van der Waals surface area contributed by atoms with E-state index in [4.69, 9.17) is 11.6 Å². The van der Waals surface area contributed by atoms with Crippen LogP contribution in [0.1, 0.15) is 11.4 Å². The predicted molar refractivity (Wildman–Crippen MR) is 90.2 cm³/mol. The van der Waals surface area contributed by atoms with Gasteiger partial charge in [0.25, 0.3) is 0 Å². The van der Waals surface area contributed by atoms with Gasteiger partial charge in [-0.25, -0.2) is 4.98 Å². The van der Waals surface area contributed by atoms with Crippen molar-refractivity contribution in [2.45, 2.75) is 6.42 Å². The molecule has 0 aromatic carbocycles. The molecule has 1 N–H and O–H groups in total. The third-order valence-electron chi connectivity index (χ3n) is 3.32. The summed E-state index contributed by atoms with van der Waals surface area (Å²) < 4.78 is 1.83. The number of fused-ring (bicyclic) bond motifs is 1. The maximum atomic E-state index is 11.9. The molecule has 0 aliphatic rings. The van der Waals surface area contributed by atoms with Crippen molar-refractivity contribution in [3.8, 4) is 0 Å². The molecule has 0 unspecified atom stereocenters. The van der Waals surface area contributed by atoms with E-state index in [0.29, 0.717) is 23.8 Å². The molecule has 6 heteroatoms. The van der Waals surface area contributed by atoms with Crippen molar-refractivity contribution in [2.24, 2.45) is 0 Å². The molecule has 0 bridgehead atoms. The molecule has 0 spiro atoms. The maximum absolute atomic E-state index is 11.9. The summed E-state index contributed by atoms with van der Waals surface area (Å²) in [6, 6.07) is 11.4. The summed E-state index contributed by atoms with van der Waals surface area (Å²) in [7, 11) is 0. The number of hydrogen-bond acceptors (Lipinski definition) is 3. The van der Waals surface area contributed by atoms with E-state index in [-0.39, 0.29) is 5.91 Å². The van der Waals surface area contributed by atoms with E-state index in [1.54, 1.807) is 12.3 Å². The largest absolute Gasteiger partial charge is 0.352 e. The molecule has 0 saturated heterocycles. The molecule has 3 aromatic heterocycles. The smallest absolute Gasteiger partial charge is 0.244 e. The number of carbonyl (C=O) groups is 1. The van der Waals surface area contributed by atoms with Crippen molar-refractivity contribution in [3.05, 3.63) is 71.4 Å². The first kappa shape index (κ1) is 15.2. The highest BCUT2D eigenvalue weighted by Crippen LogP contribution is 2.18. The Morgan fingerprint density at radius 1 is 1.26 bits per heavy atom. The Bertz CT molecular complexity index is 842. The maximum Gasteiger partial charge on any atom is 0.244 e. The highest BCUT2D eigenvalue weighted by Gasteiger charge is 2.07. The minimum Gasteiger partial charge on any atom is -0.352 e. The van der Waals surface area contributed by atoms with Crippen molar-refractivity contribution in [3.63, 3.8) is 0 Å². The van der Waals surface area contributed by atoms with Gasteiger partial charge in [-0.2, -0.15) is 0 Å². The molecule has 0 aliphatic carbocycles. The first-order chi connectivity index (χ1) is 11.2. The zero-order valence-electron chi connectivity index (χ0n) is 12.3. The molecule has 0 fully saturated rings. The molecule has 3 rings (SSSR count). The van der Waals surface area contributed by atoms with Crippen LogP contribution in [-0.2, 0) is 11.2 Å². The lowest BCUT2D eigenvalue weighted by Crippen LogP contribution is -2.23. The molecule has 0 radical (unpaired) electrons. The lowest BCUT2D eigenvalue weighted by molar-refractivity contribution is -0.116. The second-order valence-electron chi connectivity index (χ2n) is 4.91. The quantitative estimate of drug-likeness (QED) is 0.733. The van der Waals surface area contributed by atoms with Gasteiger partial charge < -0.3 is 5.32 Å². The highest BCUT2D eigenvalue weighted by molar-refractivity contribution is 6.31. The molecule has 5 nitrogen and oxygen atoms in total. The van der Waals surface area contributed by atoms with Gasteiger partial charge in [0, 0.05) is 37.1 Å². The van der Waals surface area contributed by atoms with Crippen LogP contribution in [0, 0.1) is 0 Å². The molecule has 0 aliphatic heterocycles. The molecule has 3 aromatic rings. The lowest BCUT2D eigenvalue weighted by atomic mass is 10.2. The van der Waals surface area contributed by atoms with Crippen LogP contribution in [0.25, 0.3) is 11.7 Å². The molecule has 116 valence electrons. The first-order valence-electron chi connectivity index (χ1n) is 7.22. The Morgan fingerprint density at radius 2 is 2.13 bits per heavy atom. The summed E-state index contributed by atoms with van der Waals surface area (Å²) in [6.45, 7) is 0.529. The van der Waals surface area contributed by atoms with E-state index in [1.807, 2.05) is 47.0 Å². The molecule has 1 amide bonds. The third-order valence-corrected chi connectivity index (χ3v) is 3.60. The van der Waals surface area contributed by atoms with Crippen LogP contribution in [-0.4, -0.2) is 26.8 Å². The average Bonchev–Trinajstić information content (AvgIpc) is 2.89. The number of hydrogen-bond donors (Lipinski definition) is 1. The molecule has 0 saturated carbocycles. The topological polar surface area (TPSA) is 59.3 Å². The number of rotatable bonds is 5. The van der Waals surface area contributed by atoms with E-state index in [2.05, 4.69) is 15.3 Å². The van der Waals surface area contributed by atoms with Crippen molar-refractivity contribution in [1.29, 1.82) is 0 Å². The average molecular weight is 327 g/mol. The molecule has 3 heterocycles. The first-order valence-corrected chi connectivity index (χ1v) is 7.60. The summed E-state index contributed by atoms with van der Waals surface area (Å²) in [4.78, 5) is 20.3. The van der Waals surface area contributed by atoms with E-state index in [0.717, 1.165) is 11.3 Å². The van der Waals surface area contributed by atoms with Crippen LogP contribution < -0.4 is 5.32 Å². The second-order valence-corrected chi connectivity index (χ2v) is 5.27. The zero-order valence-corrected chi connectivity index (χ0v) is 13.1. The Morgan fingerprint density at radius 3 is 2.96 bits per heavy atom. The van der Waals surface area contributed by atoms with Gasteiger partial charge in [0.05, 0.1) is 5.69 Å². The zero-order chi connectivity index (χ0) is 16.1. The fourth-order valence-electron chi connectivity index (χ4n) is 2.21. The Kier molecular flexibility index (Phi) is 4.68. The summed E-state index contributed by atoms with van der Waals surface area (Å²) in [5, 5.41) is 3.19. The summed E-state index contributed by atoms with van der Waals surface area (Å²) in [6.07, 6.45) is 7.41. The van der Waals surface area contributed by atoms with Gasteiger partial charge in [0.1, 0.15) is 5.65 Å². The third kappa shape index (κ3) is 3.76. The van der Waals surface area contributed by atoms with E-state index >= 15 is 0 Å². The van der Waals surface area contributed by atoms with Crippen molar-refractivity contribution in [2.75, 3.05) is 6.54 Å². The van der Waals surface area contributed by atoms with Crippen molar-refractivity contribution >= 4 is 29.2 Å². The molecule has 0 atom stereocenters. The normalized spacial score (nSPS) is 11.2. The molecular weight excluding hydrogens is 312 g/mol. The number of halogens is 1. The second kappa shape index (κ2) is 7.07. The minimum absolute atomic E-state index is 0.178. The highest BCUT2D eigenvalue weighted by atomic mass is 35.5. The van der Waals surface area contributed by atoms with E-state index in [1.165, 1.54) is 6.08 Å². The van der Waals surface area contributed by atoms with Gasteiger partial charge in [0.15, 0.2) is 5.15 Å². The van der Waals surface area contributed by atoms with Crippen LogP contribution in [0.3, 0.4) is 0 Å². The summed E-state index contributed by atoms with van der Waals surface area (Å²) >= 11 is 6.11. The number of carbonyl (C=O) groups excluding carboxylic acids is 1. The van der Waals surface area contributed by atoms with Crippen molar-refractivity contribution < 1.29 is 4.79 Å². The van der Waals surface area contributed by atoms with Gasteiger partial charge in [-0.1, -0.05) is 23.7 Å². The predicted octanol–water partition coefficient (Wildman–Crippen LogP) is 2.75. The Balaban J connectivity index is 1.60. The Labute approximate surface area is 138 Å². The SMILES string of the molecule is O=C(/C=C/c1c(Cl)nc2ccccn12)NCCc1ccccn1. The molecular formula is C17H15ClN4O. The number of nitrogens with one attached hydrogen (secondary N) is 1. The molecule has 23 heavy (non-hydrogen) atoms. The van der Waals surface area contributed by atoms with Crippen LogP contribution in [0.5, 0.6) is 0 Å². The van der Waals surface area contributed by atoms with Crippen LogP contribution in [0.2, 0.25) is 5.15 Å². The van der Waals surface area contributed by atoms with Gasteiger partial charge in [-0.05, 0) is 30.3 Å². The van der Waals surface area contributed by atoms with Gasteiger partial charge in [-0.15, -0.1) is 0 Å². The number of aromatic nitrogens is 3. The Hall–Kier alpha value is -2.66. The number of nitrogens with zero attached hydrogens (tertiary/aromatic N) is 3. The fraction of sp³-hybridized carbons (Fsp3) is 0.118. The van der Waals surface area contributed by atoms with Crippen LogP contribution in [0.4, 0.5) is 0 Å². The van der Waals surface area contributed by atoms with Crippen LogP contribution >= 0.6 is 11.6 Å². The standard InChI is InChI=1S/C17H15ClN4O/c18-17-14(22-12-4-2-6-15(22)21-17)7-8-16(23)20-11-9-13-5-1-3-10-19-13/h1-8,10,12H,9,11H2,(H,20,23)/b8-7+. The van der Waals surface area contributed by atoms with Crippen molar-refractivity contribution in [1.82, 2.24) is 19.7 Å². The van der Waals surface area contributed by atoms with Gasteiger partial charge in [0.2, 0.25) is 5.91 Å². The van der Waals surface area contributed by atoms with E-state index in [9.17, 15) is 4.79 Å².